The fourth-order valence-corrected chi connectivity index (χ4v) is 3.91. The molecule has 6 heteroatoms. The van der Waals surface area contributed by atoms with E-state index in [-0.39, 0.29) is 18.6 Å². The van der Waals surface area contributed by atoms with Gasteiger partial charge in [-0.25, -0.2) is 0 Å². The van der Waals surface area contributed by atoms with Crippen LogP contribution in [-0.2, 0) is 17.6 Å². The van der Waals surface area contributed by atoms with E-state index >= 15 is 0 Å². The van der Waals surface area contributed by atoms with Gasteiger partial charge in [-0.2, -0.15) is 0 Å². The smallest absolute Gasteiger partial charge is 0.255 e. The van der Waals surface area contributed by atoms with Gasteiger partial charge in [0.25, 0.3) is 5.91 Å². The van der Waals surface area contributed by atoms with Gasteiger partial charge in [0, 0.05) is 11.1 Å². The Bertz CT molecular complexity index is 590. The van der Waals surface area contributed by atoms with Gasteiger partial charge in [0.15, 0.2) is 0 Å². The van der Waals surface area contributed by atoms with Crippen LogP contribution in [0.25, 0.3) is 0 Å². The number of fused-ring (bicyclic) bond motifs is 1. The summed E-state index contributed by atoms with van der Waals surface area (Å²) in [7, 11) is 1.60. The monoisotopic (exact) mass is 369 g/mol. The lowest BCUT2D eigenvalue weighted by Gasteiger charge is -2.28. The minimum atomic E-state index is -0.665. The number of benzene rings is 1. The van der Waals surface area contributed by atoms with Crippen LogP contribution in [0.5, 0.6) is 5.75 Å². The Kier molecular flexibility index (Phi) is 4.70. The first kappa shape index (κ1) is 15.8. The third kappa shape index (κ3) is 2.87. The van der Waals surface area contributed by atoms with Gasteiger partial charge in [-0.3, -0.25) is 4.79 Å². The Hall–Kier alpha value is -1.11. The van der Waals surface area contributed by atoms with E-state index in [1.54, 1.807) is 7.11 Å². The molecule has 0 spiro atoms. The number of rotatable bonds is 3. The molecule has 0 saturated carbocycles. The molecule has 1 aliphatic carbocycles. The average molecular weight is 370 g/mol. The molecule has 1 amide bonds. The summed E-state index contributed by atoms with van der Waals surface area (Å²) in [5.74, 6) is 0.452. The van der Waals surface area contributed by atoms with Crippen LogP contribution in [-0.4, -0.2) is 43.5 Å². The highest BCUT2D eigenvalue weighted by Gasteiger charge is 2.29. The average Bonchev–Trinajstić information content (AvgIpc) is 2.99. The first-order valence-electron chi connectivity index (χ1n) is 7.56. The molecule has 1 aromatic carbocycles. The minimum absolute atomic E-state index is 0.210. The van der Waals surface area contributed by atoms with Crippen molar-refractivity contribution in [3.63, 3.8) is 0 Å². The van der Waals surface area contributed by atoms with E-state index in [4.69, 9.17) is 9.47 Å². The molecule has 0 radical (unpaired) electrons. The van der Waals surface area contributed by atoms with Crippen LogP contribution in [0.15, 0.2) is 10.5 Å². The SMILES string of the molecule is COc1c(C(=O)N[C@H]2CCOC[C@@H]2O)cc(Br)c2c1CCC2. The predicted molar refractivity (Wildman–Crippen MR) is 85.4 cm³/mol. The maximum absolute atomic E-state index is 12.6. The number of hydrogen-bond donors (Lipinski definition) is 2. The second-order valence-electron chi connectivity index (χ2n) is 5.76. The Balaban J connectivity index is 1.87. The molecule has 0 aromatic heterocycles. The highest BCUT2D eigenvalue weighted by Crippen LogP contribution is 2.38. The van der Waals surface area contributed by atoms with Crippen LogP contribution >= 0.6 is 15.9 Å². The quantitative estimate of drug-likeness (QED) is 0.852. The standard InChI is InChI=1S/C16H20BrNO4/c1-21-15-10-4-2-3-9(10)12(17)7-11(15)16(20)18-13-5-6-22-8-14(13)19/h7,13-14,19H,2-6,8H2,1H3,(H,18,20)/t13-,14-/m0/s1. The topological polar surface area (TPSA) is 67.8 Å². The molecular weight excluding hydrogens is 350 g/mol. The number of aliphatic hydroxyl groups excluding tert-OH is 1. The first-order chi connectivity index (χ1) is 10.6. The zero-order valence-electron chi connectivity index (χ0n) is 12.5. The molecule has 1 fully saturated rings. The van der Waals surface area contributed by atoms with Crippen molar-refractivity contribution in [3.05, 3.63) is 27.2 Å². The number of carbonyl (C=O) groups excluding carboxylic acids is 1. The van der Waals surface area contributed by atoms with E-state index in [0.717, 1.165) is 29.3 Å². The van der Waals surface area contributed by atoms with Crippen molar-refractivity contribution >= 4 is 21.8 Å². The Labute approximate surface area is 138 Å². The Morgan fingerprint density at radius 2 is 2.23 bits per heavy atom. The lowest BCUT2D eigenvalue weighted by Crippen LogP contribution is -2.48. The van der Waals surface area contributed by atoms with Gasteiger partial charge >= 0.3 is 0 Å². The van der Waals surface area contributed by atoms with Crippen LogP contribution in [0.4, 0.5) is 0 Å². The molecule has 120 valence electrons. The molecule has 1 aromatic rings. The maximum atomic E-state index is 12.6. The molecule has 3 rings (SSSR count). The normalized spacial score (nSPS) is 24.0. The molecule has 0 unspecified atom stereocenters. The summed E-state index contributed by atoms with van der Waals surface area (Å²) in [6, 6.07) is 1.54. The van der Waals surface area contributed by atoms with E-state index in [9.17, 15) is 9.90 Å². The van der Waals surface area contributed by atoms with E-state index in [0.29, 0.717) is 24.3 Å². The van der Waals surface area contributed by atoms with Crippen LogP contribution in [0, 0.1) is 0 Å². The number of carbonyl (C=O) groups is 1. The van der Waals surface area contributed by atoms with Gasteiger partial charge in [0.1, 0.15) is 5.75 Å². The predicted octanol–water partition coefficient (Wildman–Crippen LogP) is 1.83. The first-order valence-corrected chi connectivity index (χ1v) is 8.36. The number of amides is 1. The highest BCUT2D eigenvalue weighted by atomic mass is 79.9. The second kappa shape index (κ2) is 6.56. The van der Waals surface area contributed by atoms with Crippen molar-refractivity contribution in [1.29, 1.82) is 0 Å². The lowest BCUT2D eigenvalue weighted by atomic mass is 10.0. The second-order valence-corrected chi connectivity index (χ2v) is 6.62. The summed E-state index contributed by atoms with van der Waals surface area (Å²) < 4.78 is 11.7. The molecular formula is C16H20BrNO4. The summed E-state index contributed by atoms with van der Waals surface area (Å²) in [6.07, 6.45) is 2.96. The maximum Gasteiger partial charge on any atom is 0.255 e. The van der Waals surface area contributed by atoms with Crippen molar-refractivity contribution in [2.24, 2.45) is 0 Å². The van der Waals surface area contributed by atoms with Crippen molar-refractivity contribution in [2.75, 3.05) is 20.3 Å². The van der Waals surface area contributed by atoms with Crippen LogP contribution in [0.3, 0.4) is 0 Å². The molecule has 0 bridgehead atoms. The van der Waals surface area contributed by atoms with E-state index < -0.39 is 6.10 Å². The number of halogens is 1. The molecule has 5 nitrogen and oxygen atoms in total. The zero-order valence-corrected chi connectivity index (χ0v) is 14.1. The minimum Gasteiger partial charge on any atom is -0.496 e. The highest BCUT2D eigenvalue weighted by molar-refractivity contribution is 9.10. The molecule has 1 aliphatic heterocycles. The number of hydrogen-bond acceptors (Lipinski definition) is 4. The number of ether oxygens (including phenoxy) is 2. The fourth-order valence-electron chi connectivity index (χ4n) is 3.24. The van der Waals surface area contributed by atoms with E-state index in [2.05, 4.69) is 21.2 Å². The van der Waals surface area contributed by atoms with Crippen molar-refractivity contribution in [3.8, 4) is 5.75 Å². The van der Waals surface area contributed by atoms with Gasteiger partial charge in [-0.05, 0) is 42.9 Å². The summed E-state index contributed by atoms with van der Waals surface area (Å²) in [5.41, 5.74) is 2.88. The molecule has 1 saturated heterocycles. The molecule has 22 heavy (non-hydrogen) atoms. The van der Waals surface area contributed by atoms with Gasteiger partial charge in [0.05, 0.1) is 31.4 Å². The summed E-state index contributed by atoms with van der Waals surface area (Å²) in [5, 5.41) is 12.8. The van der Waals surface area contributed by atoms with Crippen molar-refractivity contribution < 1.29 is 19.4 Å². The van der Waals surface area contributed by atoms with Crippen LogP contribution in [0.1, 0.15) is 34.3 Å². The Morgan fingerprint density at radius 3 is 2.95 bits per heavy atom. The molecule has 2 aliphatic rings. The van der Waals surface area contributed by atoms with Gasteiger partial charge in [0.2, 0.25) is 0 Å². The third-order valence-electron chi connectivity index (χ3n) is 4.39. The Morgan fingerprint density at radius 1 is 1.45 bits per heavy atom. The third-order valence-corrected chi connectivity index (χ3v) is 5.09. The molecule has 1 heterocycles. The van der Waals surface area contributed by atoms with Crippen molar-refractivity contribution in [2.45, 2.75) is 37.8 Å². The number of aliphatic hydroxyl groups is 1. The van der Waals surface area contributed by atoms with Gasteiger partial charge in [-0.1, -0.05) is 15.9 Å². The number of methoxy groups -OCH3 is 1. The summed E-state index contributed by atoms with van der Waals surface area (Å²) in [4.78, 5) is 12.6. The van der Waals surface area contributed by atoms with Gasteiger partial charge in [-0.15, -0.1) is 0 Å². The fraction of sp³-hybridized carbons (Fsp3) is 0.562. The van der Waals surface area contributed by atoms with E-state index in [1.165, 1.54) is 5.56 Å². The summed E-state index contributed by atoms with van der Waals surface area (Å²) >= 11 is 3.56. The molecule has 2 atom stereocenters. The van der Waals surface area contributed by atoms with Crippen LogP contribution < -0.4 is 10.1 Å². The zero-order chi connectivity index (χ0) is 15.7. The lowest BCUT2D eigenvalue weighted by molar-refractivity contribution is -0.0261. The van der Waals surface area contributed by atoms with Crippen LogP contribution in [0.2, 0.25) is 0 Å². The summed E-state index contributed by atoms with van der Waals surface area (Å²) in [6.45, 7) is 0.809. The van der Waals surface area contributed by atoms with E-state index in [1.807, 2.05) is 6.07 Å². The van der Waals surface area contributed by atoms with Gasteiger partial charge < -0.3 is 19.9 Å². The number of nitrogens with one attached hydrogen (secondary N) is 1. The largest absolute Gasteiger partial charge is 0.496 e. The molecule has 2 N–H and O–H groups in total. The van der Waals surface area contributed by atoms with Crippen molar-refractivity contribution in [1.82, 2.24) is 5.32 Å².